The summed E-state index contributed by atoms with van der Waals surface area (Å²) < 4.78 is 12.7. The number of benzene rings is 1. The Morgan fingerprint density at radius 3 is 2.50 bits per heavy atom. The second-order valence-corrected chi connectivity index (χ2v) is 3.32. The van der Waals surface area contributed by atoms with Crippen LogP contribution in [0.4, 0.5) is 4.39 Å². The van der Waals surface area contributed by atoms with Crippen LogP contribution in [-0.4, -0.2) is 17.4 Å². The second kappa shape index (κ2) is 5.20. The van der Waals surface area contributed by atoms with Crippen LogP contribution in [0, 0.1) is 15.9 Å². The summed E-state index contributed by atoms with van der Waals surface area (Å²) in [6.45, 7) is 0.849. The fraction of sp³-hybridized carbons (Fsp3) is 0.300. The van der Waals surface area contributed by atoms with Gasteiger partial charge in [0.25, 0.3) is 0 Å². The lowest BCUT2D eigenvalue weighted by Crippen LogP contribution is -2.31. The molecule has 1 atom stereocenters. The highest BCUT2D eigenvalue weighted by Crippen LogP contribution is 2.13. The van der Waals surface area contributed by atoms with E-state index in [1.165, 1.54) is 31.2 Å². The van der Waals surface area contributed by atoms with E-state index in [4.69, 9.17) is 0 Å². The standard InChI is InChI=1S/C10H11FN2O3/c1-7(14)12-10(6-13(15)16)8-2-4-9(11)5-3-8/h2-5,10H,6H2,1H3,(H,12,14)/t10-/m0/s1. The van der Waals surface area contributed by atoms with Crippen molar-refractivity contribution in [1.82, 2.24) is 5.32 Å². The molecule has 16 heavy (non-hydrogen) atoms. The molecule has 0 unspecified atom stereocenters. The van der Waals surface area contributed by atoms with Crippen molar-refractivity contribution in [2.75, 3.05) is 6.54 Å². The Balaban J connectivity index is 2.86. The molecule has 0 aliphatic rings. The number of hydrogen-bond donors (Lipinski definition) is 1. The van der Waals surface area contributed by atoms with Gasteiger partial charge in [-0.25, -0.2) is 4.39 Å². The molecule has 1 N–H and O–H groups in total. The number of halogens is 1. The number of carbonyl (C=O) groups is 1. The van der Waals surface area contributed by atoms with E-state index in [1.54, 1.807) is 0 Å². The van der Waals surface area contributed by atoms with Gasteiger partial charge in [-0.05, 0) is 17.7 Å². The predicted octanol–water partition coefficient (Wildman–Crippen LogP) is 1.28. The number of rotatable bonds is 4. The first-order valence-electron chi connectivity index (χ1n) is 4.63. The number of nitro groups is 1. The van der Waals surface area contributed by atoms with Crippen LogP contribution in [0.25, 0.3) is 0 Å². The lowest BCUT2D eigenvalue weighted by atomic mass is 10.1. The van der Waals surface area contributed by atoms with Crippen LogP contribution >= 0.6 is 0 Å². The van der Waals surface area contributed by atoms with Crippen molar-refractivity contribution >= 4 is 5.91 Å². The smallest absolute Gasteiger partial charge is 0.227 e. The van der Waals surface area contributed by atoms with E-state index in [-0.39, 0.29) is 5.91 Å². The van der Waals surface area contributed by atoms with Crippen LogP contribution in [0.3, 0.4) is 0 Å². The zero-order valence-corrected chi connectivity index (χ0v) is 8.64. The molecular weight excluding hydrogens is 215 g/mol. The summed E-state index contributed by atoms with van der Waals surface area (Å²) in [5.41, 5.74) is 0.508. The largest absolute Gasteiger partial charge is 0.343 e. The summed E-state index contributed by atoms with van der Waals surface area (Å²) in [7, 11) is 0. The van der Waals surface area contributed by atoms with Crippen molar-refractivity contribution in [3.05, 3.63) is 45.8 Å². The Morgan fingerprint density at radius 2 is 2.06 bits per heavy atom. The normalized spacial score (nSPS) is 11.9. The molecule has 5 nitrogen and oxygen atoms in total. The number of nitrogens with zero attached hydrogens (tertiary/aromatic N) is 1. The van der Waals surface area contributed by atoms with Crippen LogP contribution in [0.1, 0.15) is 18.5 Å². The fourth-order valence-electron chi connectivity index (χ4n) is 1.32. The average molecular weight is 226 g/mol. The third kappa shape index (κ3) is 3.64. The number of hydrogen-bond acceptors (Lipinski definition) is 3. The summed E-state index contributed by atoms with van der Waals surface area (Å²) in [5, 5.41) is 12.9. The van der Waals surface area contributed by atoms with Gasteiger partial charge in [-0.1, -0.05) is 12.1 Å². The highest BCUT2D eigenvalue weighted by atomic mass is 19.1. The van der Waals surface area contributed by atoms with Crippen molar-refractivity contribution < 1.29 is 14.1 Å². The zero-order chi connectivity index (χ0) is 12.1. The van der Waals surface area contributed by atoms with Crippen LogP contribution in [0.5, 0.6) is 0 Å². The van der Waals surface area contributed by atoms with Crippen molar-refractivity contribution in [2.45, 2.75) is 13.0 Å². The van der Waals surface area contributed by atoms with Gasteiger partial charge in [0.2, 0.25) is 12.5 Å². The summed E-state index contributed by atoms with van der Waals surface area (Å²) in [6.07, 6.45) is 0. The molecule has 0 saturated carbocycles. The quantitative estimate of drug-likeness (QED) is 0.620. The van der Waals surface area contributed by atoms with Crippen molar-refractivity contribution in [1.29, 1.82) is 0 Å². The first-order valence-corrected chi connectivity index (χ1v) is 4.63. The van der Waals surface area contributed by atoms with Crippen molar-refractivity contribution in [2.24, 2.45) is 0 Å². The predicted molar refractivity (Wildman–Crippen MR) is 54.8 cm³/mol. The van der Waals surface area contributed by atoms with Crippen molar-refractivity contribution in [3.63, 3.8) is 0 Å². The molecule has 1 amide bonds. The first-order chi connectivity index (χ1) is 7.49. The summed E-state index contributed by atoms with van der Waals surface area (Å²) in [5.74, 6) is -0.789. The SMILES string of the molecule is CC(=O)N[C@@H](C[N+](=O)[O-])c1ccc(F)cc1. The molecule has 0 fully saturated rings. The van der Waals surface area contributed by atoms with Gasteiger partial charge in [-0.15, -0.1) is 0 Å². The van der Waals surface area contributed by atoms with Gasteiger partial charge in [0, 0.05) is 11.8 Å². The Kier molecular flexibility index (Phi) is 3.93. The molecule has 1 aromatic carbocycles. The molecule has 6 heteroatoms. The third-order valence-corrected chi connectivity index (χ3v) is 1.98. The topological polar surface area (TPSA) is 72.2 Å². The van der Waals surface area contributed by atoms with Crippen LogP contribution in [-0.2, 0) is 4.79 Å². The lowest BCUT2D eigenvalue weighted by molar-refractivity contribution is -0.484. The molecule has 0 heterocycles. The Morgan fingerprint density at radius 1 is 1.50 bits per heavy atom. The highest BCUT2D eigenvalue weighted by molar-refractivity contribution is 5.73. The highest BCUT2D eigenvalue weighted by Gasteiger charge is 2.18. The number of nitrogens with one attached hydrogen (secondary N) is 1. The maximum absolute atomic E-state index is 12.7. The van der Waals surface area contributed by atoms with Crippen LogP contribution < -0.4 is 5.32 Å². The summed E-state index contributed by atoms with van der Waals surface area (Å²) in [6, 6.07) is 4.50. The van der Waals surface area contributed by atoms with Gasteiger partial charge in [0.15, 0.2) is 0 Å². The maximum Gasteiger partial charge on any atom is 0.227 e. The molecule has 1 rings (SSSR count). The molecule has 86 valence electrons. The third-order valence-electron chi connectivity index (χ3n) is 1.98. The van der Waals surface area contributed by atoms with Gasteiger partial charge in [-0.3, -0.25) is 14.9 Å². The summed E-state index contributed by atoms with van der Waals surface area (Å²) >= 11 is 0. The van der Waals surface area contributed by atoms with Crippen LogP contribution in [0.15, 0.2) is 24.3 Å². The first kappa shape index (κ1) is 12.1. The monoisotopic (exact) mass is 226 g/mol. The number of amides is 1. The second-order valence-electron chi connectivity index (χ2n) is 3.32. The van der Waals surface area contributed by atoms with Gasteiger partial charge < -0.3 is 5.32 Å². The van der Waals surface area contributed by atoms with Gasteiger partial charge >= 0.3 is 0 Å². The van der Waals surface area contributed by atoms with E-state index < -0.39 is 23.3 Å². The lowest BCUT2D eigenvalue weighted by Gasteiger charge is -2.13. The minimum Gasteiger partial charge on any atom is -0.343 e. The summed E-state index contributed by atoms with van der Waals surface area (Å²) in [4.78, 5) is 20.8. The minimum atomic E-state index is -0.729. The molecule has 0 radical (unpaired) electrons. The molecule has 0 aliphatic heterocycles. The maximum atomic E-state index is 12.7. The van der Waals surface area contributed by atoms with E-state index in [0.717, 1.165) is 0 Å². The van der Waals surface area contributed by atoms with Gasteiger partial charge in [-0.2, -0.15) is 0 Å². The molecule has 1 aromatic rings. The fourth-order valence-corrected chi connectivity index (χ4v) is 1.32. The molecule has 0 aromatic heterocycles. The minimum absolute atomic E-state index is 0.365. The van der Waals surface area contributed by atoms with Crippen LogP contribution in [0.2, 0.25) is 0 Å². The molecule has 0 aliphatic carbocycles. The zero-order valence-electron chi connectivity index (χ0n) is 8.64. The van der Waals surface area contributed by atoms with Crippen molar-refractivity contribution in [3.8, 4) is 0 Å². The van der Waals surface area contributed by atoms with E-state index in [1.807, 2.05) is 0 Å². The van der Waals surface area contributed by atoms with E-state index in [0.29, 0.717) is 5.56 Å². The number of carbonyl (C=O) groups excluding carboxylic acids is 1. The molecular formula is C10H11FN2O3. The molecule has 0 spiro atoms. The van der Waals surface area contributed by atoms with E-state index in [9.17, 15) is 19.3 Å². The van der Waals surface area contributed by atoms with E-state index >= 15 is 0 Å². The van der Waals surface area contributed by atoms with E-state index in [2.05, 4.69) is 5.32 Å². The van der Waals surface area contributed by atoms with Gasteiger partial charge in [0.05, 0.1) is 0 Å². The average Bonchev–Trinajstić information content (AvgIpc) is 2.16. The molecule has 0 saturated heterocycles. The Bertz CT molecular complexity index is 376. The Hall–Kier alpha value is -1.98. The Labute approximate surface area is 91.4 Å². The van der Waals surface area contributed by atoms with Gasteiger partial charge in [0.1, 0.15) is 11.9 Å². The molecule has 0 bridgehead atoms.